The predicted octanol–water partition coefficient (Wildman–Crippen LogP) is 2.38. The Morgan fingerprint density at radius 2 is 1.86 bits per heavy atom. The summed E-state index contributed by atoms with van der Waals surface area (Å²) < 4.78 is 32.7. The van der Waals surface area contributed by atoms with Crippen LogP contribution in [-0.4, -0.2) is 51.7 Å². The second-order valence-electron chi connectivity index (χ2n) is 5.49. The lowest BCUT2D eigenvalue weighted by atomic mass is 10.2. The molecule has 1 saturated heterocycles. The molecular weight excluding hydrogens is 347 g/mol. The van der Waals surface area contributed by atoms with Gasteiger partial charge in [0.15, 0.2) is 0 Å². The van der Waals surface area contributed by atoms with E-state index >= 15 is 0 Å². The van der Waals surface area contributed by atoms with Crippen molar-refractivity contribution >= 4 is 33.2 Å². The molecule has 1 heterocycles. The second kappa shape index (κ2) is 7.47. The maximum Gasteiger partial charge on any atom is 0.240 e. The minimum absolute atomic E-state index is 0.116. The van der Waals surface area contributed by atoms with Crippen LogP contribution in [0.4, 0.5) is 0 Å². The monoisotopic (exact) mass is 366 g/mol. The molecule has 2 atom stereocenters. The fourth-order valence-corrected chi connectivity index (χ4v) is 3.94. The molecule has 0 bridgehead atoms. The maximum atomic E-state index is 12.2. The Bertz CT molecular complexity index is 615. The Morgan fingerprint density at radius 1 is 1.23 bits per heavy atom. The third-order valence-electron chi connectivity index (χ3n) is 3.42. The molecule has 0 radical (unpaired) electrons. The molecule has 1 N–H and O–H groups in total. The number of hydrogen-bond acceptors (Lipinski definition) is 4. The van der Waals surface area contributed by atoms with Gasteiger partial charge in [-0.3, -0.25) is 4.90 Å². The van der Waals surface area contributed by atoms with Gasteiger partial charge >= 0.3 is 0 Å². The Labute approximate surface area is 141 Å². The van der Waals surface area contributed by atoms with Crippen molar-refractivity contribution in [1.29, 1.82) is 0 Å². The standard InChI is InChI=1S/C14H20Cl2N2O3S/c1-10-8-18(9-11(2)21-10)6-5-17-22(19,20)12-3-4-13(15)14(16)7-12/h3-4,7,10-11,17H,5-6,8-9H2,1-2H3. The Kier molecular flexibility index (Phi) is 6.10. The first-order valence-electron chi connectivity index (χ1n) is 7.10. The summed E-state index contributed by atoms with van der Waals surface area (Å²) in [6.07, 6.45) is 0.325. The van der Waals surface area contributed by atoms with Crippen molar-refractivity contribution < 1.29 is 13.2 Å². The van der Waals surface area contributed by atoms with Gasteiger partial charge < -0.3 is 4.74 Å². The van der Waals surface area contributed by atoms with Crippen LogP contribution in [0, 0.1) is 0 Å². The van der Waals surface area contributed by atoms with Crippen LogP contribution in [-0.2, 0) is 14.8 Å². The largest absolute Gasteiger partial charge is 0.373 e. The molecule has 22 heavy (non-hydrogen) atoms. The third-order valence-corrected chi connectivity index (χ3v) is 5.61. The molecule has 124 valence electrons. The summed E-state index contributed by atoms with van der Waals surface area (Å²) in [6, 6.07) is 4.27. The molecule has 1 aliphatic rings. The Hall–Kier alpha value is -0.370. The smallest absolute Gasteiger partial charge is 0.240 e. The van der Waals surface area contributed by atoms with Gasteiger partial charge in [0.1, 0.15) is 0 Å². The van der Waals surface area contributed by atoms with Crippen molar-refractivity contribution in [2.24, 2.45) is 0 Å². The molecular formula is C14H20Cl2N2O3S. The van der Waals surface area contributed by atoms with Gasteiger partial charge in [0.25, 0.3) is 0 Å². The molecule has 2 rings (SSSR count). The van der Waals surface area contributed by atoms with Gasteiger partial charge in [-0.2, -0.15) is 0 Å². The number of benzene rings is 1. The summed E-state index contributed by atoms with van der Waals surface area (Å²) in [5.41, 5.74) is 0. The first-order valence-corrected chi connectivity index (χ1v) is 9.34. The fourth-order valence-electron chi connectivity index (χ4n) is 2.53. The quantitative estimate of drug-likeness (QED) is 0.868. The molecule has 1 fully saturated rings. The highest BCUT2D eigenvalue weighted by molar-refractivity contribution is 7.89. The molecule has 8 heteroatoms. The zero-order chi connectivity index (χ0) is 16.3. The van der Waals surface area contributed by atoms with E-state index in [1.807, 2.05) is 13.8 Å². The van der Waals surface area contributed by atoms with E-state index < -0.39 is 10.0 Å². The van der Waals surface area contributed by atoms with Crippen LogP contribution in [0.1, 0.15) is 13.8 Å². The highest BCUT2D eigenvalue weighted by Gasteiger charge is 2.22. The summed E-state index contributed by atoms with van der Waals surface area (Å²) in [5.74, 6) is 0. The molecule has 2 unspecified atom stereocenters. The van der Waals surface area contributed by atoms with E-state index in [-0.39, 0.29) is 22.1 Å². The van der Waals surface area contributed by atoms with Gasteiger partial charge in [-0.1, -0.05) is 23.2 Å². The van der Waals surface area contributed by atoms with Crippen molar-refractivity contribution in [1.82, 2.24) is 9.62 Å². The Balaban J connectivity index is 1.91. The van der Waals surface area contributed by atoms with Gasteiger partial charge in [-0.05, 0) is 32.0 Å². The molecule has 0 amide bonds. The van der Waals surface area contributed by atoms with Crippen LogP contribution in [0.15, 0.2) is 23.1 Å². The lowest BCUT2D eigenvalue weighted by Crippen LogP contribution is -2.47. The number of ether oxygens (including phenoxy) is 1. The molecule has 0 aromatic heterocycles. The minimum atomic E-state index is -3.58. The molecule has 1 aromatic carbocycles. The van der Waals surface area contributed by atoms with Crippen molar-refractivity contribution in [3.8, 4) is 0 Å². The van der Waals surface area contributed by atoms with Gasteiger partial charge in [0.2, 0.25) is 10.0 Å². The van der Waals surface area contributed by atoms with Crippen LogP contribution in [0.5, 0.6) is 0 Å². The number of nitrogens with zero attached hydrogens (tertiary/aromatic N) is 1. The molecule has 5 nitrogen and oxygen atoms in total. The summed E-state index contributed by atoms with van der Waals surface area (Å²) in [5, 5.41) is 0.553. The highest BCUT2D eigenvalue weighted by atomic mass is 35.5. The first-order chi connectivity index (χ1) is 10.3. The second-order valence-corrected chi connectivity index (χ2v) is 8.07. The van der Waals surface area contributed by atoms with E-state index in [0.29, 0.717) is 18.1 Å². The molecule has 0 aliphatic carbocycles. The minimum Gasteiger partial charge on any atom is -0.373 e. The average molecular weight is 367 g/mol. The van der Waals surface area contributed by atoms with E-state index in [2.05, 4.69) is 9.62 Å². The van der Waals surface area contributed by atoms with Crippen LogP contribution >= 0.6 is 23.2 Å². The van der Waals surface area contributed by atoms with E-state index in [1.54, 1.807) is 0 Å². The highest BCUT2D eigenvalue weighted by Crippen LogP contribution is 2.24. The lowest BCUT2D eigenvalue weighted by molar-refractivity contribution is -0.0671. The van der Waals surface area contributed by atoms with Crippen molar-refractivity contribution in [2.75, 3.05) is 26.2 Å². The maximum absolute atomic E-state index is 12.2. The molecule has 1 aliphatic heterocycles. The van der Waals surface area contributed by atoms with E-state index in [4.69, 9.17) is 27.9 Å². The topological polar surface area (TPSA) is 58.6 Å². The number of morpholine rings is 1. The zero-order valence-electron chi connectivity index (χ0n) is 12.6. The molecule has 0 spiro atoms. The fraction of sp³-hybridized carbons (Fsp3) is 0.571. The summed E-state index contributed by atoms with van der Waals surface area (Å²) in [6.45, 7) is 6.61. The Morgan fingerprint density at radius 3 is 2.45 bits per heavy atom. The summed E-state index contributed by atoms with van der Waals surface area (Å²) in [4.78, 5) is 2.31. The van der Waals surface area contributed by atoms with E-state index in [9.17, 15) is 8.42 Å². The zero-order valence-corrected chi connectivity index (χ0v) is 14.9. The average Bonchev–Trinajstić information content (AvgIpc) is 2.40. The first kappa shape index (κ1) is 18.0. The van der Waals surface area contributed by atoms with Crippen LogP contribution in [0.25, 0.3) is 0 Å². The van der Waals surface area contributed by atoms with Crippen molar-refractivity contribution in [3.05, 3.63) is 28.2 Å². The number of nitrogens with one attached hydrogen (secondary N) is 1. The van der Waals surface area contributed by atoms with Crippen molar-refractivity contribution in [3.63, 3.8) is 0 Å². The lowest BCUT2D eigenvalue weighted by Gasteiger charge is -2.35. The van der Waals surface area contributed by atoms with Gasteiger partial charge in [-0.15, -0.1) is 0 Å². The molecule has 0 saturated carbocycles. The number of hydrogen-bond donors (Lipinski definition) is 1. The van der Waals surface area contributed by atoms with E-state index in [1.165, 1.54) is 18.2 Å². The number of sulfonamides is 1. The summed E-state index contributed by atoms with van der Waals surface area (Å²) in [7, 11) is -3.58. The van der Waals surface area contributed by atoms with Crippen LogP contribution in [0.2, 0.25) is 10.0 Å². The van der Waals surface area contributed by atoms with Crippen LogP contribution in [0.3, 0.4) is 0 Å². The normalized spacial score (nSPS) is 23.6. The van der Waals surface area contributed by atoms with Gasteiger partial charge in [-0.25, -0.2) is 13.1 Å². The van der Waals surface area contributed by atoms with Gasteiger partial charge in [0.05, 0.1) is 27.1 Å². The van der Waals surface area contributed by atoms with E-state index in [0.717, 1.165) is 13.1 Å². The SMILES string of the molecule is CC1CN(CCNS(=O)(=O)c2ccc(Cl)c(Cl)c2)CC(C)O1. The van der Waals surface area contributed by atoms with Crippen molar-refractivity contribution in [2.45, 2.75) is 31.0 Å². The third kappa shape index (κ3) is 4.81. The molecule has 1 aromatic rings. The predicted molar refractivity (Wildman–Crippen MR) is 88.1 cm³/mol. The van der Waals surface area contributed by atoms with Gasteiger partial charge in [0, 0.05) is 26.2 Å². The van der Waals surface area contributed by atoms with Crippen LogP contribution < -0.4 is 4.72 Å². The number of rotatable bonds is 5. The number of halogens is 2. The summed E-state index contributed by atoms with van der Waals surface area (Å²) >= 11 is 11.7.